The third-order valence-electron chi connectivity index (χ3n) is 5.72. The van der Waals surface area contributed by atoms with Crippen molar-refractivity contribution in [2.45, 2.75) is 31.1 Å². The highest BCUT2D eigenvalue weighted by Gasteiger charge is 2.42. The number of aromatic hydroxyl groups is 1. The van der Waals surface area contributed by atoms with E-state index in [4.69, 9.17) is 4.74 Å². The van der Waals surface area contributed by atoms with Crippen molar-refractivity contribution in [3.63, 3.8) is 0 Å². The van der Waals surface area contributed by atoms with Crippen molar-refractivity contribution >= 4 is 17.6 Å². The van der Waals surface area contributed by atoms with Gasteiger partial charge in [-0.2, -0.15) is 13.2 Å². The summed E-state index contributed by atoms with van der Waals surface area (Å²) < 4.78 is 43.9. The number of benzene rings is 2. The Hall–Kier alpha value is -3.82. The minimum Gasteiger partial charge on any atom is -0.508 e. The van der Waals surface area contributed by atoms with Crippen LogP contribution in [0.2, 0.25) is 0 Å². The number of rotatable bonds is 5. The van der Waals surface area contributed by atoms with Gasteiger partial charge in [0.1, 0.15) is 24.2 Å². The van der Waals surface area contributed by atoms with Crippen LogP contribution in [0.5, 0.6) is 5.75 Å². The molecule has 1 fully saturated rings. The number of carbonyl (C=O) groups is 3. The summed E-state index contributed by atoms with van der Waals surface area (Å²) in [7, 11) is 0. The molecule has 10 heteroatoms. The lowest BCUT2D eigenvalue weighted by molar-refractivity contribution is -0.139. The number of nitrogens with zero attached hydrogens (tertiary/aromatic N) is 1. The van der Waals surface area contributed by atoms with E-state index in [2.05, 4.69) is 5.32 Å². The van der Waals surface area contributed by atoms with Gasteiger partial charge in [0, 0.05) is 18.5 Å². The minimum absolute atomic E-state index is 0.0277. The molecule has 0 aromatic heterocycles. The third kappa shape index (κ3) is 4.90. The van der Waals surface area contributed by atoms with E-state index in [0.717, 1.165) is 24.3 Å². The maximum absolute atomic E-state index is 13.5. The summed E-state index contributed by atoms with van der Waals surface area (Å²) in [5.74, 6) is -1.07. The normalized spacial score (nSPS) is 18.6. The molecule has 178 valence electrons. The summed E-state index contributed by atoms with van der Waals surface area (Å²) in [5.41, 5.74) is -0.310. The van der Waals surface area contributed by atoms with Crippen molar-refractivity contribution in [3.8, 4) is 5.75 Å². The second-order valence-electron chi connectivity index (χ2n) is 8.06. The van der Waals surface area contributed by atoms with Gasteiger partial charge in [-0.1, -0.05) is 12.1 Å². The Morgan fingerprint density at radius 1 is 1.12 bits per heavy atom. The maximum Gasteiger partial charge on any atom is 0.416 e. The lowest BCUT2D eigenvalue weighted by Gasteiger charge is -2.33. The van der Waals surface area contributed by atoms with Crippen LogP contribution in [0.4, 0.5) is 13.2 Å². The highest BCUT2D eigenvalue weighted by Crippen LogP contribution is 2.29. The number of nitrogens with one attached hydrogen (secondary N) is 1. The predicted molar refractivity (Wildman–Crippen MR) is 114 cm³/mol. The van der Waals surface area contributed by atoms with E-state index in [1.807, 2.05) is 0 Å². The number of halogens is 3. The SMILES string of the molecule is O=C(NC(Cc1ccc(O)cc1)C(=O)N1CCC=C2OCC(=O)C21)c1ccc(C(F)(F)F)cc1. The molecular weight excluding hydrogens is 453 g/mol. The zero-order valence-electron chi connectivity index (χ0n) is 17.8. The van der Waals surface area contributed by atoms with Crippen LogP contribution in [-0.2, 0) is 26.9 Å². The monoisotopic (exact) mass is 474 g/mol. The van der Waals surface area contributed by atoms with Crippen molar-refractivity contribution in [3.05, 3.63) is 77.1 Å². The summed E-state index contributed by atoms with van der Waals surface area (Å²) in [4.78, 5) is 40.0. The third-order valence-corrected chi connectivity index (χ3v) is 5.72. The quantitative estimate of drug-likeness (QED) is 0.695. The molecule has 34 heavy (non-hydrogen) atoms. The number of hydrogen-bond donors (Lipinski definition) is 2. The minimum atomic E-state index is -4.54. The number of fused-ring (bicyclic) bond motifs is 1. The molecule has 2 unspecified atom stereocenters. The summed E-state index contributed by atoms with van der Waals surface area (Å²) in [6, 6.07) is 7.75. The fourth-order valence-electron chi connectivity index (χ4n) is 4.00. The largest absolute Gasteiger partial charge is 0.508 e. The van der Waals surface area contributed by atoms with Crippen LogP contribution in [0.3, 0.4) is 0 Å². The van der Waals surface area contributed by atoms with Crippen molar-refractivity contribution in [1.82, 2.24) is 10.2 Å². The molecule has 4 rings (SSSR count). The fourth-order valence-corrected chi connectivity index (χ4v) is 4.00. The molecule has 2 aromatic rings. The molecule has 2 N–H and O–H groups in total. The van der Waals surface area contributed by atoms with Crippen LogP contribution in [0.25, 0.3) is 0 Å². The first kappa shape index (κ1) is 23.3. The summed E-state index contributed by atoms with van der Waals surface area (Å²) in [6.45, 7) is 0.116. The van der Waals surface area contributed by atoms with Gasteiger partial charge in [-0.25, -0.2) is 0 Å². The molecule has 0 bridgehead atoms. The van der Waals surface area contributed by atoms with E-state index in [0.29, 0.717) is 17.7 Å². The van der Waals surface area contributed by atoms with Gasteiger partial charge in [0.05, 0.1) is 5.56 Å². The van der Waals surface area contributed by atoms with Gasteiger partial charge in [0.2, 0.25) is 5.91 Å². The fraction of sp³-hybridized carbons (Fsp3) is 0.292. The maximum atomic E-state index is 13.5. The summed E-state index contributed by atoms with van der Waals surface area (Å²) in [5, 5.41) is 12.1. The lowest BCUT2D eigenvalue weighted by atomic mass is 10.00. The Morgan fingerprint density at radius 2 is 1.79 bits per heavy atom. The van der Waals surface area contributed by atoms with Crippen LogP contribution in [0.15, 0.2) is 60.4 Å². The van der Waals surface area contributed by atoms with E-state index >= 15 is 0 Å². The van der Waals surface area contributed by atoms with Crippen LogP contribution in [-0.4, -0.2) is 52.8 Å². The molecule has 2 aliphatic heterocycles. The van der Waals surface area contributed by atoms with Gasteiger partial charge in [-0.05, 0) is 54.5 Å². The Morgan fingerprint density at radius 3 is 2.44 bits per heavy atom. The number of phenols is 1. The first-order valence-electron chi connectivity index (χ1n) is 10.6. The number of carbonyl (C=O) groups excluding carboxylic acids is 3. The molecule has 2 aliphatic rings. The lowest BCUT2D eigenvalue weighted by Crippen LogP contribution is -2.55. The second kappa shape index (κ2) is 9.20. The Balaban J connectivity index is 1.58. The molecular formula is C24H21F3N2O5. The molecule has 2 aromatic carbocycles. The van der Waals surface area contributed by atoms with E-state index in [-0.39, 0.29) is 36.7 Å². The standard InChI is InChI=1S/C24H21F3N2O5/c25-24(26,27)16-7-5-15(6-8-16)22(32)28-18(12-14-3-9-17(30)10-4-14)23(33)29-11-1-2-20-21(29)19(31)13-34-20/h2-10,18,21,30H,1,11-13H2,(H,28,32). The molecule has 1 saturated heterocycles. The first-order valence-corrected chi connectivity index (χ1v) is 10.6. The second-order valence-corrected chi connectivity index (χ2v) is 8.06. The molecule has 7 nitrogen and oxygen atoms in total. The van der Waals surface area contributed by atoms with Gasteiger partial charge in [0.15, 0.2) is 11.8 Å². The number of Topliss-reactive ketones (excluding diaryl/α,β-unsaturated/α-hetero) is 1. The zero-order valence-corrected chi connectivity index (χ0v) is 17.8. The summed E-state index contributed by atoms with van der Waals surface area (Å²) in [6.07, 6.45) is -2.26. The van der Waals surface area contributed by atoms with Crippen LogP contribution < -0.4 is 5.32 Å². The Labute approximate surface area is 192 Å². The Kier molecular flexibility index (Phi) is 6.32. The molecule has 0 radical (unpaired) electrons. The highest BCUT2D eigenvalue weighted by atomic mass is 19.4. The number of ether oxygens (including phenoxy) is 1. The van der Waals surface area contributed by atoms with E-state index in [1.165, 1.54) is 17.0 Å². The predicted octanol–water partition coefficient (Wildman–Crippen LogP) is 2.84. The van der Waals surface area contributed by atoms with Crippen LogP contribution >= 0.6 is 0 Å². The molecule has 2 atom stereocenters. The van der Waals surface area contributed by atoms with Gasteiger partial charge in [-0.15, -0.1) is 0 Å². The van der Waals surface area contributed by atoms with Crippen molar-refractivity contribution in [1.29, 1.82) is 0 Å². The average molecular weight is 474 g/mol. The highest BCUT2D eigenvalue weighted by molar-refractivity contribution is 5.99. The van der Waals surface area contributed by atoms with Gasteiger partial charge in [0.25, 0.3) is 5.91 Å². The van der Waals surface area contributed by atoms with E-state index < -0.39 is 35.6 Å². The number of amides is 2. The van der Waals surface area contributed by atoms with E-state index in [1.54, 1.807) is 18.2 Å². The van der Waals surface area contributed by atoms with Crippen molar-refractivity contribution < 1.29 is 37.4 Å². The Bertz CT molecular complexity index is 1130. The smallest absolute Gasteiger partial charge is 0.416 e. The molecule has 2 amide bonds. The topological polar surface area (TPSA) is 95.9 Å². The van der Waals surface area contributed by atoms with Gasteiger partial charge < -0.3 is 20.1 Å². The van der Waals surface area contributed by atoms with Crippen molar-refractivity contribution in [2.75, 3.05) is 13.2 Å². The molecule has 0 aliphatic carbocycles. The first-order chi connectivity index (χ1) is 16.1. The van der Waals surface area contributed by atoms with Crippen LogP contribution in [0, 0.1) is 0 Å². The molecule has 2 heterocycles. The number of hydrogen-bond acceptors (Lipinski definition) is 5. The van der Waals surface area contributed by atoms with Gasteiger partial charge in [-0.3, -0.25) is 14.4 Å². The van der Waals surface area contributed by atoms with Crippen LogP contribution in [0.1, 0.15) is 27.9 Å². The average Bonchev–Trinajstić information content (AvgIpc) is 3.20. The number of phenolic OH excluding ortho intramolecular Hbond substituents is 1. The van der Waals surface area contributed by atoms with Crippen molar-refractivity contribution in [2.24, 2.45) is 0 Å². The number of alkyl halides is 3. The zero-order chi connectivity index (χ0) is 24.5. The van der Waals surface area contributed by atoms with Gasteiger partial charge >= 0.3 is 6.18 Å². The molecule has 0 spiro atoms. The number of ketones is 1. The summed E-state index contributed by atoms with van der Waals surface area (Å²) >= 11 is 0. The van der Waals surface area contributed by atoms with E-state index in [9.17, 15) is 32.7 Å². The molecule has 0 saturated carbocycles.